The van der Waals surface area contributed by atoms with Crippen molar-refractivity contribution in [2.75, 3.05) is 25.6 Å². The van der Waals surface area contributed by atoms with Crippen LogP contribution in [0, 0.1) is 0 Å². The van der Waals surface area contributed by atoms with Crippen molar-refractivity contribution in [3.8, 4) is 5.69 Å². The molecular weight excluding hydrogens is 350 g/mol. The molecule has 5 nitrogen and oxygen atoms in total. The van der Waals surface area contributed by atoms with E-state index in [9.17, 15) is 4.79 Å². The van der Waals surface area contributed by atoms with Crippen LogP contribution in [0.25, 0.3) is 16.6 Å². The minimum atomic E-state index is -0.349. The van der Waals surface area contributed by atoms with Crippen LogP contribution in [0.2, 0.25) is 5.02 Å². The van der Waals surface area contributed by atoms with Gasteiger partial charge in [0.15, 0.2) is 0 Å². The van der Waals surface area contributed by atoms with Gasteiger partial charge in [-0.2, -0.15) is 4.98 Å². The Balaban J connectivity index is 1.94. The van der Waals surface area contributed by atoms with E-state index in [1.165, 1.54) is 18.4 Å². The maximum atomic E-state index is 12.9. The number of benzene rings is 2. The van der Waals surface area contributed by atoms with E-state index in [0.29, 0.717) is 35.6 Å². The number of rotatable bonds is 6. The predicted octanol–water partition coefficient (Wildman–Crippen LogP) is 3.97. The van der Waals surface area contributed by atoms with Crippen molar-refractivity contribution in [3.05, 3.63) is 63.5 Å². The van der Waals surface area contributed by atoms with Gasteiger partial charge in [-0.25, -0.2) is 4.79 Å². The average Bonchev–Trinajstić information content (AvgIpc) is 3.48. The molecule has 0 atom stereocenters. The molecule has 2 aromatic carbocycles. The number of aromatic nitrogens is 2. The number of hydrogen-bond donors (Lipinski definition) is 1. The number of methoxy groups -OCH3 is 1. The third-order valence-electron chi connectivity index (χ3n) is 4.66. The van der Waals surface area contributed by atoms with Gasteiger partial charge in [-0.15, -0.1) is 0 Å². The molecule has 0 bridgehead atoms. The van der Waals surface area contributed by atoms with Crippen molar-refractivity contribution in [2.24, 2.45) is 0 Å². The monoisotopic (exact) mass is 369 g/mol. The van der Waals surface area contributed by atoms with Gasteiger partial charge in [0.25, 0.3) is 0 Å². The van der Waals surface area contributed by atoms with Crippen molar-refractivity contribution in [2.45, 2.75) is 18.8 Å². The molecular formula is C20H20ClN3O2. The minimum absolute atomic E-state index is 0.349. The van der Waals surface area contributed by atoms with Crippen LogP contribution in [-0.2, 0) is 4.74 Å². The van der Waals surface area contributed by atoms with Crippen LogP contribution in [0.4, 0.5) is 5.82 Å². The quantitative estimate of drug-likeness (QED) is 0.668. The Morgan fingerprint density at radius 3 is 2.81 bits per heavy atom. The fourth-order valence-corrected chi connectivity index (χ4v) is 3.41. The van der Waals surface area contributed by atoms with Gasteiger partial charge in [-0.05, 0) is 48.6 Å². The molecule has 134 valence electrons. The molecule has 1 aliphatic carbocycles. The summed E-state index contributed by atoms with van der Waals surface area (Å²) >= 11 is 6.37. The van der Waals surface area contributed by atoms with Crippen molar-refractivity contribution < 1.29 is 4.74 Å². The second kappa shape index (κ2) is 7.09. The summed E-state index contributed by atoms with van der Waals surface area (Å²) in [4.78, 5) is 17.1. The molecule has 1 fully saturated rings. The van der Waals surface area contributed by atoms with Gasteiger partial charge in [0.1, 0.15) is 5.82 Å². The fraction of sp³-hybridized carbons (Fsp3) is 0.300. The first kappa shape index (κ1) is 17.1. The maximum absolute atomic E-state index is 12.9. The van der Waals surface area contributed by atoms with Crippen molar-refractivity contribution >= 4 is 28.3 Å². The molecule has 4 rings (SSSR count). The van der Waals surface area contributed by atoms with E-state index in [1.807, 2.05) is 24.3 Å². The Morgan fingerprint density at radius 1 is 1.27 bits per heavy atom. The second-order valence-electron chi connectivity index (χ2n) is 6.50. The predicted molar refractivity (Wildman–Crippen MR) is 105 cm³/mol. The lowest BCUT2D eigenvalue weighted by Gasteiger charge is -2.15. The Hall–Kier alpha value is -2.37. The summed E-state index contributed by atoms with van der Waals surface area (Å²) in [5.41, 5.74) is 2.38. The summed E-state index contributed by atoms with van der Waals surface area (Å²) in [5, 5.41) is 4.62. The van der Waals surface area contributed by atoms with Crippen LogP contribution in [0.5, 0.6) is 0 Å². The zero-order valence-corrected chi connectivity index (χ0v) is 15.3. The minimum Gasteiger partial charge on any atom is -0.383 e. The summed E-state index contributed by atoms with van der Waals surface area (Å²) in [5.74, 6) is 1.17. The third-order valence-corrected chi connectivity index (χ3v) is 4.98. The lowest BCUT2D eigenvalue weighted by molar-refractivity contribution is 0.210. The van der Waals surface area contributed by atoms with E-state index in [4.69, 9.17) is 16.3 Å². The van der Waals surface area contributed by atoms with Gasteiger partial charge in [0.05, 0.1) is 22.8 Å². The smallest absolute Gasteiger partial charge is 0.354 e. The SMILES string of the molecule is COCCNc1nc(=O)n(-c2ccccc2Cl)c2cc(C3CC3)ccc12. The summed E-state index contributed by atoms with van der Waals surface area (Å²) < 4.78 is 6.68. The van der Waals surface area contributed by atoms with Crippen LogP contribution in [-0.4, -0.2) is 29.8 Å². The van der Waals surface area contributed by atoms with E-state index < -0.39 is 0 Å². The first-order chi connectivity index (χ1) is 12.7. The molecule has 6 heteroatoms. The molecule has 3 aromatic rings. The first-order valence-corrected chi connectivity index (χ1v) is 9.11. The van der Waals surface area contributed by atoms with Crippen LogP contribution in [0.15, 0.2) is 47.3 Å². The highest BCUT2D eigenvalue weighted by Crippen LogP contribution is 2.41. The summed E-state index contributed by atoms with van der Waals surface area (Å²) in [6.07, 6.45) is 2.40. The largest absolute Gasteiger partial charge is 0.383 e. The van der Waals surface area contributed by atoms with Gasteiger partial charge >= 0.3 is 5.69 Å². The molecule has 0 radical (unpaired) electrons. The van der Waals surface area contributed by atoms with Crippen LogP contribution < -0.4 is 11.0 Å². The molecule has 26 heavy (non-hydrogen) atoms. The summed E-state index contributed by atoms with van der Waals surface area (Å²) in [7, 11) is 1.64. The molecule has 0 saturated heterocycles. The van der Waals surface area contributed by atoms with E-state index in [0.717, 1.165) is 10.9 Å². The Labute approximate surface area is 156 Å². The number of halogens is 1. The molecule has 0 amide bonds. The van der Waals surface area contributed by atoms with Gasteiger partial charge in [0.2, 0.25) is 0 Å². The Morgan fingerprint density at radius 2 is 2.08 bits per heavy atom. The number of hydrogen-bond acceptors (Lipinski definition) is 4. The number of nitrogens with zero attached hydrogens (tertiary/aromatic N) is 2. The van der Waals surface area contributed by atoms with E-state index in [1.54, 1.807) is 17.7 Å². The molecule has 0 unspecified atom stereocenters. The van der Waals surface area contributed by atoms with E-state index in [-0.39, 0.29) is 5.69 Å². The van der Waals surface area contributed by atoms with Gasteiger partial charge in [0, 0.05) is 19.0 Å². The Kier molecular flexibility index (Phi) is 4.66. The van der Waals surface area contributed by atoms with Crippen molar-refractivity contribution in [1.29, 1.82) is 0 Å². The lowest BCUT2D eigenvalue weighted by Crippen LogP contribution is -2.24. The zero-order valence-electron chi connectivity index (χ0n) is 14.5. The van der Waals surface area contributed by atoms with Gasteiger partial charge in [-0.3, -0.25) is 4.57 Å². The highest BCUT2D eigenvalue weighted by molar-refractivity contribution is 6.32. The zero-order chi connectivity index (χ0) is 18.1. The normalized spacial score (nSPS) is 13.9. The first-order valence-electron chi connectivity index (χ1n) is 8.73. The van der Waals surface area contributed by atoms with Crippen molar-refractivity contribution in [1.82, 2.24) is 9.55 Å². The molecule has 0 aliphatic heterocycles. The number of nitrogens with one attached hydrogen (secondary N) is 1. The summed E-state index contributed by atoms with van der Waals surface area (Å²) in [6, 6.07) is 13.6. The van der Waals surface area contributed by atoms with Crippen LogP contribution in [0.1, 0.15) is 24.3 Å². The molecule has 1 saturated carbocycles. The highest BCUT2D eigenvalue weighted by Gasteiger charge is 2.24. The molecule has 1 aliphatic rings. The lowest BCUT2D eigenvalue weighted by atomic mass is 10.1. The van der Waals surface area contributed by atoms with Gasteiger partial charge in [-0.1, -0.05) is 29.8 Å². The molecule has 0 spiro atoms. The molecule has 1 heterocycles. The van der Waals surface area contributed by atoms with Crippen LogP contribution in [0.3, 0.4) is 0 Å². The average molecular weight is 370 g/mol. The molecule has 1 N–H and O–H groups in total. The summed E-state index contributed by atoms with van der Waals surface area (Å²) in [6.45, 7) is 1.12. The number of fused-ring (bicyclic) bond motifs is 1. The topological polar surface area (TPSA) is 56.1 Å². The standard InChI is InChI=1S/C20H20ClN3O2/c1-26-11-10-22-19-15-9-8-14(13-6-7-13)12-18(15)24(20(25)23-19)17-5-3-2-4-16(17)21/h2-5,8-9,12-13H,6-7,10-11H2,1H3,(H,22,23,25). The molecule has 1 aromatic heterocycles. The highest BCUT2D eigenvalue weighted by atomic mass is 35.5. The second-order valence-corrected chi connectivity index (χ2v) is 6.91. The number of ether oxygens (including phenoxy) is 1. The fourth-order valence-electron chi connectivity index (χ4n) is 3.19. The van der Waals surface area contributed by atoms with Crippen molar-refractivity contribution in [3.63, 3.8) is 0 Å². The van der Waals surface area contributed by atoms with Crippen LogP contribution >= 0.6 is 11.6 Å². The number of para-hydroxylation sites is 1. The van der Waals surface area contributed by atoms with Gasteiger partial charge < -0.3 is 10.1 Å². The van der Waals surface area contributed by atoms with E-state index >= 15 is 0 Å². The maximum Gasteiger partial charge on any atom is 0.354 e. The number of anilines is 1. The third kappa shape index (κ3) is 3.20. The van der Waals surface area contributed by atoms with E-state index in [2.05, 4.69) is 22.4 Å². The Bertz CT molecular complexity index is 1010.